The first-order valence-corrected chi connectivity index (χ1v) is 44.0. The van der Waals surface area contributed by atoms with Gasteiger partial charge in [0.25, 0.3) is 45.9 Å². The molecule has 1 aliphatic heterocycles. The molecule has 698 valence electrons. The zero-order chi connectivity index (χ0) is 93.4. The number of oxazole rings is 1. The van der Waals surface area contributed by atoms with E-state index in [2.05, 4.69) is 109 Å². The van der Waals surface area contributed by atoms with Crippen LogP contribution >= 0.6 is 0 Å². The SMILES string of the molecule is CNc1cc(Nc2cccn(-c3nc(C)co3)c2=O)nc2c(C(=O)N[C@H]3C[C@H]3F)cnn12.CNc1cc(Nc2cccn(C3CCC(C)(O)CC3)c2=O)nc2c(C(=O)N[C@H]3C[C@H]3F)cnn12.CNc1cc(Nc2cccn(C3CCC(C)(O)CC3)c2=O)nc2c(C(=O)N[C@H]3C[C@H]3F)cnn12.CNc1cc(Nc2cccn(CC3CCCCO3)c2=O)nc2c(C(=O)N[C@H]3C[C@H]3F)cnn12. The monoisotopic (exact) mass is 1830 g/mol. The number of ether oxygens (including phenoxy) is 1. The Morgan fingerprint density at radius 3 is 1.08 bits per heavy atom. The molecule has 1 unspecified atom stereocenters. The number of carbonyl (C=O) groups is 4. The Morgan fingerprint density at radius 2 is 0.767 bits per heavy atom. The number of hydrogen-bond donors (Lipinski definition) is 14. The third-order valence-corrected chi connectivity index (χ3v) is 24.3. The van der Waals surface area contributed by atoms with Crippen LogP contribution in [0.4, 0.5) is 86.9 Å². The number of aryl methyl sites for hydroxylation is 1. The Kier molecular flexibility index (Phi) is 25.6. The Balaban J connectivity index is 0.000000124. The van der Waals surface area contributed by atoms with Crippen molar-refractivity contribution in [2.75, 3.05) is 77.3 Å². The lowest BCUT2D eigenvalue weighted by Crippen LogP contribution is -2.35. The Morgan fingerprint density at radius 1 is 0.444 bits per heavy atom. The van der Waals surface area contributed by atoms with Gasteiger partial charge in [0.2, 0.25) is 0 Å². The summed E-state index contributed by atoms with van der Waals surface area (Å²) < 4.78 is 76.2. The van der Waals surface area contributed by atoms with Crippen molar-refractivity contribution in [3.63, 3.8) is 0 Å². The molecule has 4 amide bonds. The first-order valence-electron chi connectivity index (χ1n) is 44.0. The van der Waals surface area contributed by atoms with Gasteiger partial charge in [0.15, 0.2) is 22.6 Å². The topological polar surface area (TPSA) is 497 Å². The molecule has 13 aromatic rings. The molecule has 133 heavy (non-hydrogen) atoms. The van der Waals surface area contributed by atoms with Gasteiger partial charge in [0.1, 0.15) is 122 Å². The minimum Gasteiger partial charge on any atom is -0.431 e. The van der Waals surface area contributed by atoms with Crippen molar-refractivity contribution in [3.8, 4) is 6.01 Å². The van der Waals surface area contributed by atoms with E-state index in [0.29, 0.717) is 133 Å². The van der Waals surface area contributed by atoms with Crippen LogP contribution in [0.3, 0.4) is 0 Å². The van der Waals surface area contributed by atoms with E-state index in [1.165, 1.54) is 53.7 Å². The number of hydrogen-bond acceptors (Lipinski definition) is 29. The maximum Gasteiger partial charge on any atom is 0.308 e. The molecule has 14 heterocycles. The lowest BCUT2D eigenvalue weighted by Gasteiger charge is -2.34. The standard InChI is InChI=1S/2C23H28FN7O3.C22H26FN7O3.C20H19FN8O3/c2*1-23(34)7-5-13(6-8-23)30-9-3-4-16(22(30)33)27-18-11-19(25-2)31-20(29-18)14(12-26-31)21(32)28-17-10-15(17)24;1-24-19-10-18(28-20-14(11-25-30(19)20)21(31)27-17-9-15(17)23)26-16-6-4-7-29(22(16)32)12-13-5-2-3-8-33-13;1-10-9-32-20(24-10)28-5-3-4-13(19(28)31)25-15-7-16(22-2)29-17(27-15)11(8-23-29)18(30)26-14-6-12(14)21/h2*3-4,9,11-13,15,17,25,34H,5-8,10H2,1-2H3,(H,27,29)(H,28,32);4,6-7,10-11,13,15,17,24H,2-3,5,8-9,12H2,1H3,(H,26,28)(H,27,31);3-5,7-9,12,14,22H,6H2,1-2H3,(H,25,27)(H,26,30)/t2*13?,15-,17+,23?;13?,15-,17+;12-,14+/m1111/s1. The third kappa shape index (κ3) is 20.2. The highest BCUT2D eigenvalue weighted by Crippen LogP contribution is 2.38. The second-order valence-corrected chi connectivity index (χ2v) is 34.6. The van der Waals surface area contributed by atoms with Gasteiger partial charge in [0, 0.05) is 122 Å². The van der Waals surface area contributed by atoms with E-state index in [1.807, 2.05) is 13.8 Å². The van der Waals surface area contributed by atoms with E-state index in [9.17, 15) is 66.1 Å². The van der Waals surface area contributed by atoms with Crippen LogP contribution in [0.5, 0.6) is 0 Å². The highest BCUT2D eigenvalue weighted by Gasteiger charge is 2.43. The first kappa shape index (κ1) is 90.3. The van der Waals surface area contributed by atoms with Gasteiger partial charge in [-0.2, -0.15) is 43.4 Å². The highest BCUT2D eigenvalue weighted by atomic mass is 19.1. The number of aliphatic hydroxyl groups is 2. The van der Waals surface area contributed by atoms with Crippen LogP contribution < -0.4 is 86.0 Å². The number of carbonyl (C=O) groups excluding carboxylic acids is 4. The number of amides is 4. The lowest BCUT2D eigenvalue weighted by atomic mass is 9.83. The molecule has 0 aromatic carbocycles. The first-order chi connectivity index (χ1) is 64.0. The van der Waals surface area contributed by atoms with Crippen LogP contribution in [0, 0.1) is 6.92 Å². The third-order valence-electron chi connectivity index (χ3n) is 24.3. The van der Waals surface area contributed by atoms with Gasteiger partial charge in [0.05, 0.1) is 78.5 Å². The van der Waals surface area contributed by atoms with Crippen molar-refractivity contribution in [2.45, 2.75) is 202 Å². The van der Waals surface area contributed by atoms with E-state index in [1.54, 1.807) is 146 Å². The Labute approximate surface area is 754 Å². The van der Waals surface area contributed by atoms with Crippen LogP contribution in [-0.4, -0.2) is 216 Å². The van der Waals surface area contributed by atoms with Gasteiger partial charge in [-0.05, 0) is 140 Å². The molecule has 45 heteroatoms. The number of pyridine rings is 4. The number of rotatable bonds is 25. The van der Waals surface area contributed by atoms with Gasteiger partial charge in [-0.1, -0.05) is 0 Å². The average Bonchev–Trinajstić information content (AvgIpc) is 1.55. The molecule has 6 saturated carbocycles. The molecule has 14 N–H and O–H groups in total. The maximum atomic E-state index is 13.2. The molecular weight excluding hydrogens is 1730 g/mol. The summed E-state index contributed by atoms with van der Waals surface area (Å²) in [6.07, 6.45) is 19.6. The summed E-state index contributed by atoms with van der Waals surface area (Å²) >= 11 is 0. The normalized spacial score (nSPS) is 23.1. The van der Waals surface area contributed by atoms with E-state index >= 15 is 0 Å². The zero-order valence-electron chi connectivity index (χ0n) is 73.6. The number of aromatic nitrogens is 17. The fraction of sp³-hybridized carbons (Fsp3) is 0.420. The summed E-state index contributed by atoms with van der Waals surface area (Å²) in [5.74, 6) is 1.86. The molecule has 7 aliphatic rings. The molecule has 7 fully saturated rings. The summed E-state index contributed by atoms with van der Waals surface area (Å²) in [4.78, 5) is 125. The fourth-order valence-corrected chi connectivity index (χ4v) is 16.2. The van der Waals surface area contributed by atoms with E-state index in [-0.39, 0.29) is 85.8 Å². The van der Waals surface area contributed by atoms with Crippen molar-refractivity contribution in [3.05, 3.63) is 198 Å². The summed E-state index contributed by atoms with van der Waals surface area (Å²) in [5.41, 5.74) is 1.62. The number of nitrogens with zero attached hydrogens (tertiary/aromatic N) is 17. The average molecular weight is 1830 g/mol. The van der Waals surface area contributed by atoms with Crippen LogP contribution in [0.1, 0.15) is 169 Å². The van der Waals surface area contributed by atoms with Crippen LogP contribution in [0.15, 0.2) is 152 Å². The molecule has 1 saturated heterocycles. The predicted octanol–water partition coefficient (Wildman–Crippen LogP) is 8.65. The smallest absolute Gasteiger partial charge is 0.308 e. The van der Waals surface area contributed by atoms with Crippen molar-refractivity contribution >= 4 is 116 Å². The summed E-state index contributed by atoms with van der Waals surface area (Å²) in [6.45, 7) is 6.64. The summed E-state index contributed by atoms with van der Waals surface area (Å²) in [6, 6.07) is 18.7. The van der Waals surface area contributed by atoms with Gasteiger partial charge in [-0.3, -0.25) is 38.4 Å². The van der Waals surface area contributed by atoms with E-state index in [0.717, 1.165) is 51.6 Å². The number of nitrogens with one attached hydrogen (secondary N) is 12. The maximum absolute atomic E-state index is 13.2. The predicted molar refractivity (Wildman–Crippen MR) is 485 cm³/mol. The van der Waals surface area contributed by atoms with E-state index < -0.39 is 89.2 Å². The van der Waals surface area contributed by atoms with Gasteiger partial charge < -0.3 is 96.9 Å². The molecule has 0 radical (unpaired) electrons. The zero-order valence-corrected chi connectivity index (χ0v) is 73.6. The molecule has 6 aliphatic carbocycles. The van der Waals surface area contributed by atoms with Gasteiger partial charge in [-0.15, -0.1) is 0 Å². The van der Waals surface area contributed by atoms with Crippen LogP contribution in [-0.2, 0) is 11.3 Å². The van der Waals surface area contributed by atoms with Crippen LogP contribution in [0.2, 0.25) is 0 Å². The Hall–Kier alpha value is -14.6. The molecule has 41 nitrogen and oxygen atoms in total. The van der Waals surface area contributed by atoms with Crippen molar-refractivity contribution < 1.29 is 56.1 Å². The fourth-order valence-electron chi connectivity index (χ4n) is 16.2. The minimum atomic E-state index is -1.02. The molecular formula is C88H101F4N29O12. The van der Waals surface area contributed by atoms with Gasteiger partial charge in [-0.25, -0.2) is 42.1 Å². The molecule has 9 atom stereocenters. The quantitative estimate of drug-likeness (QED) is 0.0238. The van der Waals surface area contributed by atoms with Crippen molar-refractivity contribution in [1.29, 1.82) is 0 Å². The molecule has 20 rings (SSSR count). The number of anilines is 12. The second kappa shape index (κ2) is 37.7. The van der Waals surface area contributed by atoms with Crippen molar-refractivity contribution in [2.24, 2.45) is 0 Å². The number of halogens is 4. The lowest BCUT2D eigenvalue weighted by molar-refractivity contribution is 0.00544. The molecule has 13 aromatic heterocycles. The summed E-state index contributed by atoms with van der Waals surface area (Å²) in [7, 11) is 6.84. The van der Waals surface area contributed by atoms with Crippen molar-refractivity contribution in [1.82, 2.24) is 103 Å². The number of fused-ring (bicyclic) bond motifs is 4. The second-order valence-electron chi connectivity index (χ2n) is 34.6. The minimum absolute atomic E-state index is 0.0182. The van der Waals surface area contributed by atoms with Crippen LogP contribution in [0.25, 0.3) is 28.6 Å². The molecule has 0 bridgehead atoms. The van der Waals surface area contributed by atoms with Gasteiger partial charge >= 0.3 is 6.01 Å². The highest BCUT2D eigenvalue weighted by molar-refractivity contribution is 6.03. The molecule has 0 spiro atoms. The Bertz CT molecular complexity index is 6610. The number of alkyl halides is 4. The van der Waals surface area contributed by atoms with E-state index in [4.69, 9.17) is 9.15 Å². The largest absolute Gasteiger partial charge is 0.431 e. The summed E-state index contributed by atoms with van der Waals surface area (Å²) in [5, 5.41) is 72.2.